The first-order chi connectivity index (χ1) is 8.83. The Balaban J connectivity index is 2.60. The molecule has 0 saturated carbocycles. The van der Waals surface area contributed by atoms with Crippen LogP contribution < -0.4 is 0 Å². The van der Waals surface area contributed by atoms with Gasteiger partial charge in [-0.05, 0) is 46.0 Å². The summed E-state index contributed by atoms with van der Waals surface area (Å²) >= 11 is 0. The molecule has 0 aromatic rings. The van der Waals surface area contributed by atoms with E-state index in [2.05, 4.69) is 0 Å². The molecule has 4 heteroatoms. The second-order valence-electron chi connectivity index (χ2n) is 6.36. The molecular weight excluding hydrogens is 244 g/mol. The Morgan fingerprint density at radius 2 is 2.16 bits per heavy atom. The molecule has 0 spiro atoms. The van der Waals surface area contributed by atoms with Crippen molar-refractivity contribution in [2.75, 3.05) is 6.61 Å². The van der Waals surface area contributed by atoms with E-state index in [9.17, 15) is 9.59 Å². The van der Waals surface area contributed by atoms with Gasteiger partial charge in [0, 0.05) is 13.0 Å². The molecule has 1 heterocycles. The highest BCUT2D eigenvalue weighted by atomic mass is 16.6. The van der Waals surface area contributed by atoms with Gasteiger partial charge in [-0.25, -0.2) is 0 Å². The van der Waals surface area contributed by atoms with Crippen LogP contribution in [0.4, 0.5) is 0 Å². The predicted octanol–water partition coefficient (Wildman–Crippen LogP) is 2.74. The lowest BCUT2D eigenvalue weighted by Crippen LogP contribution is -2.32. The van der Waals surface area contributed by atoms with Gasteiger partial charge in [0.25, 0.3) is 0 Å². The predicted molar refractivity (Wildman–Crippen MR) is 72.8 cm³/mol. The summed E-state index contributed by atoms with van der Waals surface area (Å²) in [6.45, 7) is 8.23. The minimum absolute atomic E-state index is 0.0464. The molecule has 0 amide bonds. The summed E-state index contributed by atoms with van der Waals surface area (Å²) < 4.78 is 11.1. The molecule has 0 bridgehead atoms. The molecule has 0 radical (unpaired) electrons. The van der Waals surface area contributed by atoms with Crippen molar-refractivity contribution in [1.29, 1.82) is 0 Å². The molecule has 110 valence electrons. The first kappa shape index (κ1) is 16.2. The monoisotopic (exact) mass is 270 g/mol. The van der Waals surface area contributed by atoms with Crippen LogP contribution in [0.2, 0.25) is 0 Å². The van der Waals surface area contributed by atoms with E-state index < -0.39 is 5.60 Å². The summed E-state index contributed by atoms with van der Waals surface area (Å²) in [5, 5.41) is 0. The highest BCUT2D eigenvalue weighted by molar-refractivity contribution is 5.72. The van der Waals surface area contributed by atoms with Crippen molar-refractivity contribution < 1.29 is 19.1 Å². The second kappa shape index (κ2) is 7.04. The van der Waals surface area contributed by atoms with Crippen molar-refractivity contribution in [2.45, 2.75) is 65.1 Å². The Morgan fingerprint density at radius 3 is 2.74 bits per heavy atom. The van der Waals surface area contributed by atoms with Gasteiger partial charge in [-0.1, -0.05) is 6.92 Å². The van der Waals surface area contributed by atoms with E-state index in [4.69, 9.17) is 9.47 Å². The van der Waals surface area contributed by atoms with Crippen molar-refractivity contribution >= 4 is 12.3 Å². The van der Waals surface area contributed by atoms with Crippen molar-refractivity contribution in [2.24, 2.45) is 11.8 Å². The van der Waals surface area contributed by atoms with E-state index in [0.717, 1.165) is 25.5 Å². The third-order valence-corrected chi connectivity index (χ3v) is 3.48. The summed E-state index contributed by atoms with van der Waals surface area (Å²) in [6, 6.07) is 0. The number of ether oxygens (including phenoxy) is 2. The molecule has 0 N–H and O–H groups in total. The lowest BCUT2D eigenvalue weighted by molar-refractivity contribution is -0.161. The normalized spacial score (nSPS) is 26.3. The Hall–Kier alpha value is -0.900. The Kier molecular flexibility index (Phi) is 5.98. The average molecular weight is 270 g/mol. The molecule has 1 aliphatic rings. The Labute approximate surface area is 115 Å². The van der Waals surface area contributed by atoms with E-state index >= 15 is 0 Å². The minimum atomic E-state index is -0.450. The van der Waals surface area contributed by atoms with E-state index in [1.165, 1.54) is 0 Å². The average Bonchev–Trinajstić information content (AvgIpc) is 2.52. The Morgan fingerprint density at radius 1 is 1.47 bits per heavy atom. The van der Waals surface area contributed by atoms with Gasteiger partial charge in [-0.3, -0.25) is 4.79 Å². The zero-order chi connectivity index (χ0) is 14.5. The minimum Gasteiger partial charge on any atom is -0.460 e. The maximum Gasteiger partial charge on any atom is 0.309 e. The van der Waals surface area contributed by atoms with Crippen LogP contribution in [0.1, 0.15) is 53.4 Å². The molecule has 3 atom stereocenters. The molecule has 1 fully saturated rings. The summed E-state index contributed by atoms with van der Waals surface area (Å²) in [6.07, 6.45) is 3.92. The van der Waals surface area contributed by atoms with E-state index in [1.54, 1.807) is 0 Å². The van der Waals surface area contributed by atoms with Crippen LogP contribution >= 0.6 is 0 Å². The number of carbonyl (C=O) groups is 2. The number of esters is 1. The van der Waals surface area contributed by atoms with E-state index in [0.29, 0.717) is 13.0 Å². The maximum absolute atomic E-state index is 12.1. The molecule has 1 saturated heterocycles. The molecule has 2 unspecified atom stereocenters. The lowest BCUT2D eigenvalue weighted by atomic mass is 9.85. The SMILES string of the molecule is CC(C(=O)OC(C)(C)C)[C@H]1CCCOC(CC=O)C1. The molecule has 0 aromatic heterocycles. The Bertz CT molecular complexity index is 306. The third-order valence-electron chi connectivity index (χ3n) is 3.48. The van der Waals surface area contributed by atoms with E-state index in [1.807, 2.05) is 27.7 Å². The largest absolute Gasteiger partial charge is 0.460 e. The number of hydrogen-bond donors (Lipinski definition) is 0. The number of carbonyl (C=O) groups excluding carboxylic acids is 2. The van der Waals surface area contributed by atoms with Crippen LogP contribution in [0.15, 0.2) is 0 Å². The first-order valence-electron chi connectivity index (χ1n) is 7.11. The smallest absolute Gasteiger partial charge is 0.309 e. The maximum atomic E-state index is 12.1. The highest BCUT2D eigenvalue weighted by Crippen LogP contribution is 2.29. The second-order valence-corrected chi connectivity index (χ2v) is 6.36. The van der Waals surface area contributed by atoms with Gasteiger partial charge in [0.2, 0.25) is 0 Å². The van der Waals surface area contributed by atoms with Crippen LogP contribution in [-0.4, -0.2) is 30.6 Å². The van der Waals surface area contributed by atoms with Gasteiger partial charge in [-0.2, -0.15) is 0 Å². The van der Waals surface area contributed by atoms with E-state index in [-0.39, 0.29) is 23.9 Å². The lowest BCUT2D eigenvalue weighted by Gasteiger charge is -2.27. The highest BCUT2D eigenvalue weighted by Gasteiger charge is 2.31. The number of rotatable bonds is 4. The van der Waals surface area contributed by atoms with Gasteiger partial charge in [-0.15, -0.1) is 0 Å². The van der Waals surface area contributed by atoms with Gasteiger partial charge in [0.15, 0.2) is 0 Å². The fraction of sp³-hybridized carbons (Fsp3) is 0.867. The topological polar surface area (TPSA) is 52.6 Å². The fourth-order valence-electron chi connectivity index (χ4n) is 2.43. The van der Waals surface area contributed by atoms with Crippen molar-refractivity contribution in [3.05, 3.63) is 0 Å². The summed E-state index contributed by atoms with van der Waals surface area (Å²) in [5.74, 6) is -0.0540. The third kappa shape index (κ3) is 5.72. The van der Waals surface area contributed by atoms with Crippen molar-refractivity contribution in [3.8, 4) is 0 Å². The molecule has 19 heavy (non-hydrogen) atoms. The molecule has 0 aromatic carbocycles. The molecule has 4 nitrogen and oxygen atoms in total. The molecular formula is C15H26O4. The number of aldehydes is 1. The van der Waals surface area contributed by atoms with Crippen LogP contribution in [0.3, 0.4) is 0 Å². The van der Waals surface area contributed by atoms with Gasteiger partial charge in [0.05, 0.1) is 12.0 Å². The van der Waals surface area contributed by atoms with Gasteiger partial charge < -0.3 is 14.3 Å². The summed E-state index contributed by atoms with van der Waals surface area (Å²) in [4.78, 5) is 22.7. The van der Waals surface area contributed by atoms with Gasteiger partial charge in [0.1, 0.15) is 11.9 Å². The van der Waals surface area contributed by atoms with Crippen molar-refractivity contribution in [1.82, 2.24) is 0 Å². The zero-order valence-electron chi connectivity index (χ0n) is 12.5. The molecule has 1 aliphatic heterocycles. The van der Waals surface area contributed by atoms with Crippen molar-refractivity contribution in [3.63, 3.8) is 0 Å². The van der Waals surface area contributed by atoms with Crippen LogP contribution in [-0.2, 0) is 19.1 Å². The summed E-state index contributed by atoms with van der Waals surface area (Å²) in [5.41, 5.74) is -0.450. The summed E-state index contributed by atoms with van der Waals surface area (Å²) in [7, 11) is 0. The van der Waals surface area contributed by atoms with Gasteiger partial charge >= 0.3 is 5.97 Å². The van der Waals surface area contributed by atoms with Crippen LogP contribution in [0.25, 0.3) is 0 Å². The quantitative estimate of drug-likeness (QED) is 0.582. The molecule has 1 rings (SSSR count). The molecule has 0 aliphatic carbocycles. The first-order valence-corrected chi connectivity index (χ1v) is 7.11. The number of hydrogen-bond acceptors (Lipinski definition) is 4. The van der Waals surface area contributed by atoms with Crippen LogP contribution in [0, 0.1) is 11.8 Å². The van der Waals surface area contributed by atoms with Crippen LogP contribution in [0.5, 0.6) is 0 Å². The zero-order valence-corrected chi connectivity index (χ0v) is 12.5. The standard InChI is InChI=1S/C15H26O4/c1-11(14(17)19-15(2,3)4)12-6-5-9-18-13(10-12)7-8-16/h8,11-13H,5-7,9-10H2,1-4H3/t11?,12-,13?/m0/s1. The fourth-order valence-corrected chi connectivity index (χ4v) is 2.43.